The Balaban J connectivity index is 2.97. The number of rotatable bonds is 4. The van der Waals surface area contributed by atoms with Gasteiger partial charge in [0.2, 0.25) is 0 Å². The monoisotopic (exact) mass is 241 g/mol. The number of carbonyl (C=O) groups is 2. The maximum absolute atomic E-state index is 11.3. The van der Waals surface area contributed by atoms with Crippen LogP contribution >= 0.6 is 0 Å². The molecule has 1 aromatic heterocycles. The fourth-order valence-corrected chi connectivity index (χ4v) is 1.36. The standard InChI is InChI=1S/C10H15N3O4/c1-4-17-7(14)5-13-6(2)12-8(9(13)11)10(15)16-3/h4-5,11H2,1-3H3. The lowest BCUT2D eigenvalue weighted by Crippen LogP contribution is -2.16. The van der Waals surface area contributed by atoms with Crippen molar-refractivity contribution in [1.82, 2.24) is 9.55 Å². The first kappa shape index (κ1) is 13.0. The highest BCUT2D eigenvalue weighted by Crippen LogP contribution is 2.15. The molecule has 0 aliphatic heterocycles. The van der Waals surface area contributed by atoms with Crippen LogP contribution in [0.15, 0.2) is 0 Å². The van der Waals surface area contributed by atoms with E-state index in [-0.39, 0.29) is 24.7 Å². The highest BCUT2D eigenvalue weighted by molar-refractivity contribution is 5.92. The first-order valence-electron chi connectivity index (χ1n) is 5.07. The summed E-state index contributed by atoms with van der Waals surface area (Å²) < 4.78 is 10.7. The molecule has 0 aromatic carbocycles. The highest BCUT2D eigenvalue weighted by Gasteiger charge is 2.20. The van der Waals surface area contributed by atoms with Crippen molar-refractivity contribution in [2.24, 2.45) is 0 Å². The van der Waals surface area contributed by atoms with Crippen molar-refractivity contribution in [3.63, 3.8) is 0 Å². The van der Waals surface area contributed by atoms with Crippen LogP contribution in [0.4, 0.5) is 5.82 Å². The fraction of sp³-hybridized carbons (Fsp3) is 0.500. The van der Waals surface area contributed by atoms with Crippen molar-refractivity contribution in [3.05, 3.63) is 11.5 Å². The van der Waals surface area contributed by atoms with E-state index in [2.05, 4.69) is 9.72 Å². The molecule has 7 heteroatoms. The van der Waals surface area contributed by atoms with E-state index in [4.69, 9.17) is 10.5 Å². The second-order valence-corrected chi connectivity index (χ2v) is 3.28. The Morgan fingerprint density at radius 2 is 2.12 bits per heavy atom. The summed E-state index contributed by atoms with van der Waals surface area (Å²) in [6.07, 6.45) is 0. The number of carbonyl (C=O) groups excluding carboxylic acids is 2. The quantitative estimate of drug-likeness (QED) is 0.752. The normalized spacial score (nSPS) is 10.1. The number of methoxy groups -OCH3 is 1. The lowest BCUT2D eigenvalue weighted by Gasteiger charge is -2.06. The molecule has 0 saturated heterocycles. The van der Waals surface area contributed by atoms with Crippen molar-refractivity contribution in [1.29, 1.82) is 0 Å². The Morgan fingerprint density at radius 1 is 1.47 bits per heavy atom. The Kier molecular flexibility index (Phi) is 4.08. The zero-order valence-corrected chi connectivity index (χ0v) is 10.0. The molecule has 1 heterocycles. The molecule has 0 amide bonds. The van der Waals surface area contributed by atoms with Crippen molar-refractivity contribution < 1.29 is 19.1 Å². The van der Waals surface area contributed by atoms with Gasteiger partial charge in [-0.2, -0.15) is 0 Å². The van der Waals surface area contributed by atoms with E-state index < -0.39 is 11.9 Å². The second kappa shape index (κ2) is 5.33. The number of nitrogens with two attached hydrogens (primary N) is 1. The van der Waals surface area contributed by atoms with Crippen LogP contribution < -0.4 is 5.73 Å². The van der Waals surface area contributed by atoms with Gasteiger partial charge in [-0.05, 0) is 13.8 Å². The van der Waals surface area contributed by atoms with E-state index in [1.165, 1.54) is 11.7 Å². The maximum Gasteiger partial charge on any atom is 0.360 e. The first-order chi connectivity index (χ1) is 8.01. The molecule has 0 aliphatic carbocycles. The number of esters is 2. The molecule has 2 N–H and O–H groups in total. The minimum absolute atomic E-state index is 0.00861. The molecule has 94 valence electrons. The summed E-state index contributed by atoms with van der Waals surface area (Å²) in [7, 11) is 1.24. The van der Waals surface area contributed by atoms with Crippen molar-refractivity contribution in [2.75, 3.05) is 19.5 Å². The highest BCUT2D eigenvalue weighted by atomic mass is 16.5. The summed E-state index contributed by atoms with van der Waals surface area (Å²) >= 11 is 0. The lowest BCUT2D eigenvalue weighted by molar-refractivity contribution is -0.143. The van der Waals surface area contributed by atoms with Crippen molar-refractivity contribution >= 4 is 17.8 Å². The summed E-state index contributed by atoms with van der Waals surface area (Å²) in [6, 6.07) is 0. The van der Waals surface area contributed by atoms with Crippen LogP contribution in [0.2, 0.25) is 0 Å². The van der Waals surface area contributed by atoms with Gasteiger partial charge in [0, 0.05) is 0 Å². The number of ether oxygens (including phenoxy) is 2. The first-order valence-corrected chi connectivity index (χ1v) is 5.07. The second-order valence-electron chi connectivity index (χ2n) is 3.28. The molecule has 1 aromatic rings. The zero-order chi connectivity index (χ0) is 13.0. The molecule has 0 bridgehead atoms. The smallest absolute Gasteiger partial charge is 0.360 e. The number of hydrogen-bond acceptors (Lipinski definition) is 6. The van der Waals surface area contributed by atoms with E-state index >= 15 is 0 Å². The number of nitrogens with zero attached hydrogens (tertiary/aromatic N) is 2. The third-order valence-electron chi connectivity index (χ3n) is 2.17. The van der Waals surface area contributed by atoms with Gasteiger partial charge < -0.3 is 19.8 Å². The third-order valence-corrected chi connectivity index (χ3v) is 2.17. The minimum Gasteiger partial charge on any atom is -0.465 e. The average Bonchev–Trinajstić information content (AvgIpc) is 2.56. The Hall–Kier alpha value is -2.05. The average molecular weight is 241 g/mol. The number of anilines is 1. The lowest BCUT2D eigenvalue weighted by atomic mass is 10.4. The van der Waals surface area contributed by atoms with Crippen LogP contribution in [0.5, 0.6) is 0 Å². The molecule has 0 spiro atoms. The van der Waals surface area contributed by atoms with Gasteiger partial charge in [0.25, 0.3) is 0 Å². The van der Waals surface area contributed by atoms with Gasteiger partial charge in [-0.15, -0.1) is 0 Å². The predicted molar refractivity (Wildman–Crippen MR) is 59.3 cm³/mol. The molecule has 0 aliphatic rings. The largest absolute Gasteiger partial charge is 0.465 e. The molecule has 0 fully saturated rings. The maximum atomic E-state index is 11.3. The molecule has 0 saturated carbocycles. The van der Waals surface area contributed by atoms with Gasteiger partial charge in [-0.25, -0.2) is 9.78 Å². The summed E-state index contributed by atoms with van der Waals surface area (Å²) in [5.74, 6) is -0.511. The van der Waals surface area contributed by atoms with Crippen LogP contribution in [0, 0.1) is 6.92 Å². The number of aromatic nitrogens is 2. The molecule has 17 heavy (non-hydrogen) atoms. The third kappa shape index (κ3) is 2.74. The number of aryl methyl sites for hydroxylation is 1. The molecular formula is C10H15N3O4. The molecule has 1 rings (SSSR count). The van der Waals surface area contributed by atoms with Crippen molar-refractivity contribution in [2.45, 2.75) is 20.4 Å². The Labute approximate surface area is 98.5 Å². The Bertz CT molecular complexity index is 439. The van der Waals surface area contributed by atoms with E-state index in [1.54, 1.807) is 13.8 Å². The van der Waals surface area contributed by atoms with Gasteiger partial charge in [-0.3, -0.25) is 4.79 Å². The van der Waals surface area contributed by atoms with E-state index in [1.807, 2.05) is 0 Å². The van der Waals surface area contributed by atoms with Gasteiger partial charge >= 0.3 is 11.9 Å². The van der Waals surface area contributed by atoms with Crippen LogP contribution in [-0.2, 0) is 20.8 Å². The minimum atomic E-state index is -0.631. The topological polar surface area (TPSA) is 96.4 Å². The summed E-state index contributed by atoms with van der Waals surface area (Å²) in [6.45, 7) is 3.57. The number of hydrogen-bond donors (Lipinski definition) is 1. The van der Waals surface area contributed by atoms with Crippen LogP contribution in [0.1, 0.15) is 23.2 Å². The van der Waals surface area contributed by atoms with Gasteiger partial charge in [0.05, 0.1) is 13.7 Å². The number of imidazole rings is 1. The summed E-state index contributed by atoms with van der Waals surface area (Å²) in [5.41, 5.74) is 5.73. The number of nitrogen functional groups attached to an aromatic ring is 1. The van der Waals surface area contributed by atoms with E-state index in [9.17, 15) is 9.59 Å². The molecule has 0 atom stereocenters. The predicted octanol–water partition coefficient (Wildman–Crippen LogP) is 0.123. The zero-order valence-electron chi connectivity index (χ0n) is 10.0. The fourth-order valence-electron chi connectivity index (χ4n) is 1.36. The SMILES string of the molecule is CCOC(=O)Cn1c(C)nc(C(=O)OC)c1N. The van der Waals surface area contributed by atoms with Gasteiger partial charge in [-0.1, -0.05) is 0 Å². The molecule has 0 unspecified atom stereocenters. The molecular weight excluding hydrogens is 226 g/mol. The van der Waals surface area contributed by atoms with Crippen LogP contribution in [-0.4, -0.2) is 35.2 Å². The Morgan fingerprint density at radius 3 is 2.65 bits per heavy atom. The van der Waals surface area contributed by atoms with Gasteiger partial charge in [0.1, 0.15) is 18.2 Å². The van der Waals surface area contributed by atoms with Gasteiger partial charge in [0.15, 0.2) is 5.69 Å². The molecule has 7 nitrogen and oxygen atoms in total. The van der Waals surface area contributed by atoms with Crippen molar-refractivity contribution in [3.8, 4) is 0 Å². The van der Waals surface area contributed by atoms with E-state index in [0.29, 0.717) is 5.82 Å². The van der Waals surface area contributed by atoms with Crippen LogP contribution in [0.25, 0.3) is 0 Å². The summed E-state index contributed by atoms with van der Waals surface area (Å²) in [4.78, 5) is 26.6. The molecule has 0 radical (unpaired) electrons. The summed E-state index contributed by atoms with van der Waals surface area (Å²) in [5, 5.41) is 0. The van der Waals surface area contributed by atoms with E-state index in [0.717, 1.165) is 0 Å². The van der Waals surface area contributed by atoms with Crippen LogP contribution in [0.3, 0.4) is 0 Å².